The van der Waals surface area contributed by atoms with Crippen LogP contribution in [0.1, 0.15) is 18.1 Å². The molecular formula is C9H8ClNO3. The Morgan fingerprint density at radius 2 is 2.29 bits per heavy atom. The summed E-state index contributed by atoms with van der Waals surface area (Å²) in [4.78, 5) is 20.4. The van der Waals surface area contributed by atoms with Crippen LogP contribution in [0, 0.1) is 4.91 Å². The van der Waals surface area contributed by atoms with Gasteiger partial charge in [0, 0.05) is 10.2 Å². The highest BCUT2D eigenvalue weighted by Gasteiger charge is 2.13. The number of nitroso groups, excluding NO2 is 1. The standard InChI is InChI=1S/C9H8ClNO3/c10-7-3-1-2-6(4-7)8(12)5-9(13)11-14/h1-4,8,12H,5H2/t8-/m1/s1. The van der Waals surface area contributed by atoms with E-state index in [1.807, 2.05) is 0 Å². The van der Waals surface area contributed by atoms with E-state index in [4.69, 9.17) is 11.6 Å². The van der Waals surface area contributed by atoms with E-state index < -0.39 is 12.0 Å². The number of aliphatic hydroxyl groups is 1. The van der Waals surface area contributed by atoms with Gasteiger partial charge in [-0.3, -0.25) is 4.79 Å². The molecule has 0 unspecified atom stereocenters. The Labute approximate surface area is 85.5 Å². The van der Waals surface area contributed by atoms with Crippen molar-refractivity contribution in [1.82, 2.24) is 0 Å². The van der Waals surface area contributed by atoms with Crippen LogP contribution in [0.4, 0.5) is 0 Å². The molecule has 0 saturated heterocycles. The summed E-state index contributed by atoms with van der Waals surface area (Å²) in [5, 5.41) is 12.1. The molecule has 14 heavy (non-hydrogen) atoms. The highest BCUT2D eigenvalue weighted by atomic mass is 35.5. The SMILES string of the molecule is O=NC(=O)C[C@@H](O)c1cccc(Cl)c1. The van der Waals surface area contributed by atoms with Gasteiger partial charge in [0.15, 0.2) is 0 Å². The Hall–Kier alpha value is -1.26. The topological polar surface area (TPSA) is 66.7 Å². The summed E-state index contributed by atoms with van der Waals surface area (Å²) in [6, 6.07) is 6.45. The van der Waals surface area contributed by atoms with Crippen molar-refractivity contribution in [3.05, 3.63) is 39.8 Å². The monoisotopic (exact) mass is 213 g/mol. The van der Waals surface area contributed by atoms with Crippen LogP contribution in [0.5, 0.6) is 0 Å². The minimum absolute atomic E-state index is 0.316. The van der Waals surface area contributed by atoms with Crippen molar-refractivity contribution in [2.24, 2.45) is 5.18 Å². The summed E-state index contributed by atoms with van der Waals surface area (Å²) in [7, 11) is 0. The van der Waals surface area contributed by atoms with Crippen molar-refractivity contribution in [3.63, 3.8) is 0 Å². The van der Waals surface area contributed by atoms with Crippen LogP contribution in [0.15, 0.2) is 29.4 Å². The number of carbonyl (C=O) groups is 1. The molecule has 0 aliphatic rings. The lowest BCUT2D eigenvalue weighted by Crippen LogP contribution is -2.03. The average Bonchev–Trinajstić information content (AvgIpc) is 2.17. The fourth-order valence-electron chi connectivity index (χ4n) is 1.03. The Bertz CT molecular complexity index is 354. The molecule has 0 spiro atoms. The first-order valence-electron chi connectivity index (χ1n) is 3.93. The fourth-order valence-corrected chi connectivity index (χ4v) is 1.23. The van der Waals surface area contributed by atoms with Gasteiger partial charge in [0.25, 0.3) is 5.91 Å². The first-order chi connectivity index (χ1) is 6.63. The van der Waals surface area contributed by atoms with Crippen LogP contribution in [-0.2, 0) is 4.79 Å². The number of aliphatic hydroxyl groups excluding tert-OH is 1. The van der Waals surface area contributed by atoms with E-state index in [0.29, 0.717) is 10.6 Å². The highest BCUT2D eigenvalue weighted by molar-refractivity contribution is 6.30. The molecule has 0 heterocycles. The lowest BCUT2D eigenvalue weighted by molar-refractivity contribution is -0.119. The van der Waals surface area contributed by atoms with Crippen molar-refractivity contribution in [3.8, 4) is 0 Å². The molecule has 1 aromatic rings. The molecule has 74 valence electrons. The molecule has 4 nitrogen and oxygen atoms in total. The molecule has 1 aromatic carbocycles. The predicted molar refractivity (Wildman–Crippen MR) is 51.8 cm³/mol. The van der Waals surface area contributed by atoms with E-state index in [9.17, 15) is 14.8 Å². The smallest absolute Gasteiger partial charge is 0.289 e. The Balaban J connectivity index is 2.74. The first kappa shape index (κ1) is 10.8. The summed E-state index contributed by atoms with van der Waals surface area (Å²) >= 11 is 5.68. The second-order valence-electron chi connectivity index (χ2n) is 2.76. The van der Waals surface area contributed by atoms with Crippen LogP contribution < -0.4 is 0 Å². The fraction of sp³-hybridized carbons (Fsp3) is 0.222. The van der Waals surface area contributed by atoms with E-state index in [1.165, 1.54) is 6.07 Å². The van der Waals surface area contributed by atoms with Crippen molar-refractivity contribution in [1.29, 1.82) is 0 Å². The number of carbonyl (C=O) groups excluding carboxylic acids is 1. The largest absolute Gasteiger partial charge is 0.388 e. The summed E-state index contributed by atoms with van der Waals surface area (Å²) in [5.41, 5.74) is 0.495. The van der Waals surface area contributed by atoms with Gasteiger partial charge in [0.2, 0.25) is 0 Å². The number of halogens is 1. The maximum atomic E-state index is 10.6. The predicted octanol–water partition coefficient (Wildman–Crippen LogP) is 2.06. The molecule has 0 bridgehead atoms. The van der Waals surface area contributed by atoms with Crippen LogP contribution in [-0.4, -0.2) is 11.0 Å². The van der Waals surface area contributed by atoms with E-state index in [-0.39, 0.29) is 6.42 Å². The summed E-state index contributed by atoms with van der Waals surface area (Å²) in [6.07, 6.45) is -1.34. The van der Waals surface area contributed by atoms with Crippen molar-refractivity contribution in [2.75, 3.05) is 0 Å². The molecule has 1 amide bonds. The second-order valence-corrected chi connectivity index (χ2v) is 3.20. The zero-order valence-corrected chi connectivity index (χ0v) is 7.94. The number of nitrogens with zero attached hydrogens (tertiary/aromatic N) is 1. The van der Waals surface area contributed by atoms with Crippen molar-refractivity contribution in [2.45, 2.75) is 12.5 Å². The normalized spacial score (nSPS) is 12.1. The molecule has 5 heteroatoms. The third kappa shape index (κ3) is 2.90. The van der Waals surface area contributed by atoms with Gasteiger partial charge in [0.1, 0.15) is 0 Å². The zero-order valence-electron chi connectivity index (χ0n) is 7.18. The maximum Gasteiger partial charge on any atom is 0.289 e. The lowest BCUT2D eigenvalue weighted by Gasteiger charge is -2.07. The summed E-state index contributed by atoms with van der Waals surface area (Å²) in [5.74, 6) is -0.877. The third-order valence-electron chi connectivity index (χ3n) is 1.70. The molecule has 1 rings (SSSR count). The lowest BCUT2D eigenvalue weighted by atomic mass is 10.1. The van der Waals surface area contributed by atoms with E-state index in [1.54, 1.807) is 18.2 Å². The van der Waals surface area contributed by atoms with E-state index >= 15 is 0 Å². The molecular weight excluding hydrogens is 206 g/mol. The van der Waals surface area contributed by atoms with Crippen LogP contribution >= 0.6 is 11.6 Å². The third-order valence-corrected chi connectivity index (χ3v) is 1.94. The highest BCUT2D eigenvalue weighted by Crippen LogP contribution is 2.20. The summed E-state index contributed by atoms with van der Waals surface area (Å²) < 4.78 is 0. The minimum atomic E-state index is -1.03. The van der Waals surface area contributed by atoms with Gasteiger partial charge in [-0.05, 0) is 17.7 Å². The zero-order chi connectivity index (χ0) is 10.6. The number of amides is 1. The molecule has 1 atom stereocenters. The number of benzene rings is 1. The molecule has 0 aromatic heterocycles. The number of hydrogen-bond acceptors (Lipinski definition) is 3. The van der Waals surface area contributed by atoms with E-state index in [0.717, 1.165) is 0 Å². The Kier molecular flexibility index (Phi) is 3.73. The number of hydrogen-bond donors (Lipinski definition) is 1. The van der Waals surface area contributed by atoms with Gasteiger partial charge < -0.3 is 5.11 Å². The van der Waals surface area contributed by atoms with Crippen LogP contribution in [0.2, 0.25) is 5.02 Å². The Morgan fingerprint density at radius 3 is 2.86 bits per heavy atom. The van der Waals surface area contributed by atoms with Gasteiger partial charge in [-0.2, -0.15) is 0 Å². The molecule has 0 aliphatic heterocycles. The minimum Gasteiger partial charge on any atom is -0.388 e. The first-order valence-corrected chi connectivity index (χ1v) is 4.31. The second kappa shape index (κ2) is 4.83. The van der Waals surface area contributed by atoms with E-state index in [2.05, 4.69) is 5.18 Å². The molecule has 0 aliphatic carbocycles. The average molecular weight is 214 g/mol. The van der Waals surface area contributed by atoms with Crippen LogP contribution in [0.3, 0.4) is 0 Å². The van der Waals surface area contributed by atoms with Crippen LogP contribution in [0.25, 0.3) is 0 Å². The molecule has 0 radical (unpaired) electrons. The van der Waals surface area contributed by atoms with Gasteiger partial charge in [-0.25, -0.2) is 0 Å². The summed E-state index contributed by atoms with van der Waals surface area (Å²) in [6.45, 7) is 0. The maximum absolute atomic E-state index is 10.6. The quantitative estimate of drug-likeness (QED) is 0.782. The number of rotatable bonds is 3. The molecule has 0 fully saturated rings. The van der Waals surface area contributed by atoms with Crippen molar-refractivity contribution >= 4 is 17.5 Å². The van der Waals surface area contributed by atoms with Gasteiger partial charge in [0.05, 0.1) is 12.5 Å². The van der Waals surface area contributed by atoms with Crippen molar-refractivity contribution < 1.29 is 9.90 Å². The van der Waals surface area contributed by atoms with Gasteiger partial charge in [-0.15, -0.1) is 4.91 Å². The van der Waals surface area contributed by atoms with Gasteiger partial charge >= 0.3 is 0 Å². The Morgan fingerprint density at radius 1 is 1.57 bits per heavy atom. The molecule has 1 N–H and O–H groups in total. The molecule has 0 saturated carbocycles. The van der Waals surface area contributed by atoms with Gasteiger partial charge in [-0.1, -0.05) is 23.7 Å².